The molecular weight excluding hydrogens is 1100 g/mol. The van der Waals surface area contributed by atoms with Crippen LogP contribution in [0, 0.1) is 0 Å². The highest BCUT2D eigenvalue weighted by Crippen LogP contribution is 2.63. The Morgan fingerprint density at radius 1 is 0.264 bits per heavy atom. The van der Waals surface area contributed by atoms with E-state index in [9.17, 15) is 0 Å². The third-order valence-corrected chi connectivity index (χ3v) is 19.0. The Kier molecular flexibility index (Phi) is 12.2. The molecule has 14 aromatic carbocycles. The summed E-state index contributed by atoms with van der Waals surface area (Å²) in [6.45, 7) is -0.0137. The molecule has 4 aliphatic rings. The van der Waals surface area contributed by atoms with Crippen LogP contribution in [0.4, 0.5) is 68.2 Å². The third kappa shape index (κ3) is 8.26. The Morgan fingerprint density at radius 2 is 0.670 bits per heavy atom. The maximum absolute atomic E-state index is 7.39. The van der Waals surface area contributed by atoms with E-state index >= 15 is 0 Å². The van der Waals surface area contributed by atoms with E-state index in [2.05, 4.69) is 365 Å². The minimum Gasteiger partial charge on any atom is -0.457 e. The summed E-state index contributed by atoms with van der Waals surface area (Å²) in [5.74, 6) is 1.41. The van der Waals surface area contributed by atoms with Crippen molar-refractivity contribution in [3.63, 3.8) is 0 Å². The van der Waals surface area contributed by atoms with E-state index in [0.717, 1.165) is 79.4 Å². The first-order valence-corrected chi connectivity index (χ1v) is 31.3. The molecule has 0 amide bonds. The molecule has 5 nitrogen and oxygen atoms in total. The average Bonchev–Trinajstić information content (AvgIpc) is 1.57. The second-order valence-electron chi connectivity index (χ2n) is 23.9. The number of hydrogen-bond acceptors (Lipinski definition) is 5. The van der Waals surface area contributed by atoms with Crippen LogP contribution in [0.5, 0.6) is 11.5 Å². The van der Waals surface area contributed by atoms with Gasteiger partial charge in [-0.25, -0.2) is 0 Å². The van der Waals surface area contributed by atoms with Crippen molar-refractivity contribution in [3.8, 4) is 44.9 Å². The van der Waals surface area contributed by atoms with Crippen molar-refractivity contribution in [1.29, 1.82) is 0 Å². The van der Waals surface area contributed by atoms with Crippen molar-refractivity contribution >= 4 is 91.3 Å². The van der Waals surface area contributed by atoms with Crippen LogP contribution in [0.25, 0.3) is 33.4 Å². The fourth-order valence-corrected chi connectivity index (χ4v) is 15.4. The van der Waals surface area contributed by atoms with Gasteiger partial charge >= 0.3 is 0 Å². The van der Waals surface area contributed by atoms with Gasteiger partial charge in [0.1, 0.15) is 11.5 Å². The van der Waals surface area contributed by atoms with Crippen LogP contribution in [0.15, 0.2) is 346 Å². The van der Waals surface area contributed by atoms with E-state index in [-0.39, 0.29) is 6.71 Å². The van der Waals surface area contributed by atoms with Crippen LogP contribution in [0.2, 0.25) is 0 Å². The Labute approximate surface area is 530 Å². The van der Waals surface area contributed by atoms with Gasteiger partial charge < -0.3 is 24.3 Å². The molecule has 426 valence electrons. The predicted molar refractivity (Wildman–Crippen MR) is 378 cm³/mol. The molecule has 0 unspecified atom stereocenters. The highest BCUT2D eigenvalue weighted by molar-refractivity contribution is 7.00. The largest absolute Gasteiger partial charge is 0.457 e. The summed E-state index contributed by atoms with van der Waals surface area (Å²) in [7, 11) is 0. The van der Waals surface area contributed by atoms with E-state index in [0.29, 0.717) is 11.5 Å². The summed E-state index contributed by atoms with van der Waals surface area (Å²) in [6.07, 6.45) is 0. The maximum Gasteiger partial charge on any atom is 0.252 e. The summed E-state index contributed by atoms with van der Waals surface area (Å²) >= 11 is 0. The van der Waals surface area contributed by atoms with Crippen molar-refractivity contribution in [2.45, 2.75) is 5.41 Å². The van der Waals surface area contributed by atoms with Gasteiger partial charge in [0, 0.05) is 69.0 Å². The van der Waals surface area contributed by atoms with Crippen LogP contribution in [-0.4, -0.2) is 6.71 Å². The van der Waals surface area contributed by atoms with E-state index in [1.165, 1.54) is 60.9 Å². The smallest absolute Gasteiger partial charge is 0.252 e. The van der Waals surface area contributed by atoms with Gasteiger partial charge in [-0.1, -0.05) is 218 Å². The number of para-hydroxylation sites is 7. The lowest BCUT2D eigenvalue weighted by Gasteiger charge is -2.45. The summed E-state index contributed by atoms with van der Waals surface area (Å²) in [5.41, 5.74) is 28.7. The van der Waals surface area contributed by atoms with E-state index in [1.54, 1.807) is 0 Å². The minimum atomic E-state index is -0.443. The molecule has 0 saturated heterocycles. The molecule has 0 radical (unpaired) electrons. The SMILES string of the molecule is c1ccc(N(c2ccccc2)c2cc(Oc3cccc(N(c4ccccc4)c4cc5c6c(c4)N(c4ccccc4)c4ccccc4B6c4ccccc4N5c4ccccc4)c3)cc(-c3ccc4c(c3)-c3ccccc3C43c4ccccc4-c4ccccc43)c2)cc1. The zero-order valence-corrected chi connectivity index (χ0v) is 49.7. The van der Waals surface area contributed by atoms with Crippen molar-refractivity contribution in [3.05, 3.63) is 368 Å². The Balaban J connectivity index is 0.811. The molecule has 0 atom stereocenters. The molecule has 0 N–H and O–H groups in total. The van der Waals surface area contributed by atoms with Gasteiger partial charge in [0.05, 0.1) is 16.8 Å². The quantitative estimate of drug-likeness (QED) is 0.120. The van der Waals surface area contributed by atoms with Gasteiger partial charge in [-0.05, 0) is 187 Å². The molecular formula is C85H57BN4O. The van der Waals surface area contributed by atoms with Gasteiger partial charge in [-0.2, -0.15) is 0 Å². The molecule has 2 heterocycles. The average molecular weight is 1160 g/mol. The molecule has 14 aromatic rings. The molecule has 0 bridgehead atoms. The zero-order chi connectivity index (χ0) is 60.0. The van der Waals surface area contributed by atoms with Gasteiger partial charge in [-0.15, -0.1) is 0 Å². The first-order chi connectivity index (χ1) is 45.2. The van der Waals surface area contributed by atoms with E-state index in [4.69, 9.17) is 4.74 Å². The Morgan fingerprint density at radius 3 is 1.20 bits per heavy atom. The van der Waals surface area contributed by atoms with Gasteiger partial charge in [0.2, 0.25) is 0 Å². The first kappa shape index (κ1) is 52.3. The van der Waals surface area contributed by atoms with Gasteiger partial charge in [0.25, 0.3) is 6.71 Å². The number of anilines is 12. The van der Waals surface area contributed by atoms with Gasteiger partial charge in [-0.3, -0.25) is 0 Å². The molecule has 6 heteroatoms. The number of nitrogens with zero attached hydrogens (tertiary/aromatic N) is 4. The molecule has 91 heavy (non-hydrogen) atoms. The van der Waals surface area contributed by atoms with E-state index in [1.807, 2.05) is 0 Å². The van der Waals surface area contributed by atoms with Crippen LogP contribution >= 0.6 is 0 Å². The topological polar surface area (TPSA) is 22.2 Å². The van der Waals surface area contributed by atoms with Crippen molar-refractivity contribution in [1.82, 2.24) is 0 Å². The Hall–Kier alpha value is -11.9. The second-order valence-corrected chi connectivity index (χ2v) is 23.9. The summed E-state index contributed by atoms with van der Waals surface area (Å²) in [4.78, 5) is 9.65. The van der Waals surface area contributed by atoms with Crippen LogP contribution in [0.3, 0.4) is 0 Å². The highest BCUT2D eigenvalue weighted by atomic mass is 16.5. The highest BCUT2D eigenvalue weighted by Gasteiger charge is 2.51. The van der Waals surface area contributed by atoms with Crippen molar-refractivity contribution < 1.29 is 4.74 Å². The molecule has 2 aliphatic carbocycles. The molecule has 1 spiro atoms. The summed E-state index contributed by atoms with van der Waals surface area (Å²) in [5, 5.41) is 0. The lowest BCUT2D eigenvalue weighted by Crippen LogP contribution is -2.61. The summed E-state index contributed by atoms with van der Waals surface area (Å²) < 4.78 is 7.39. The van der Waals surface area contributed by atoms with Crippen LogP contribution in [-0.2, 0) is 5.41 Å². The fourth-order valence-electron chi connectivity index (χ4n) is 15.4. The molecule has 18 rings (SSSR count). The monoisotopic (exact) mass is 1160 g/mol. The third-order valence-electron chi connectivity index (χ3n) is 19.0. The first-order valence-electron chi connectivity index (χ1n) is 31.3. The second kappa shape index (κ2) is 21.2. The fraction of sp³-hybridized carbons (Fsp3) is 0.0118. The van der Waals surface area contributed by atoms with Crippen LogP contribution in [0.1, 0.15) is 22.3 Å². The summed E-state index contributed by atoms with van der Waals surface area (Å²) in [6, 6.07) is 126. The molecule has 0 fully saturated rings. The van der Waals surface area contributed by atoms with Crippen LogP contribution < -0.4 is 40.7 Å². The minimum absolute atomic E-state index is 0.0137. The number of benzene rings is 14. The standard InChI is InChI=1S/C85H57BN4O/c1-6-27-60(28-7-1)87(61-29-8-2-9-30-61)66-51-59(58-49-50-77-73(53-58)72-41-18-21-44-76(72)85(77)74-42-19-16-39-70(74)71-40-17-20-43-75(71)85)52-69(55-66)91-68-38-26-37-65(54-68)88(62-31-10-3-11-32-62)67-56-82-84-83(57-67)90(64-35-14-5-15-36-64)81-48-25-23-46-79(81)86(84)78-45-22-24-47-80(78)89(82)63-33-12-4-13-34-63/h1-57H. The zero-order valence-electron chi connectivity index (χ0n) is 49.7. The maximum atomic E-state index is 7.39. The van der Waals surface area contributed by atoms with Crippen molar-refractivity contribution in [2.24, 2.45) is 0 Å². The predicted octanol–water partition coefficient (Wildman–Crippen LogP) is 20.5. The lowest BCUT2D eigenvalue weighted by molar-refractivity contribution is 0.483. The molecule has 0 saturated carbocycles. The Bertz CT molecular complexity index is 4940. The normalized spacial score (nSPS) is 13.1. The van der Waals surface area contributed by atoms with Gasteiger partial charge in [0.15, 0.2) is 0 Å². The number of fused-ring (bicyclic) bond motifs is 14. The van der Waals surface area contributed by atoms with E-state index < -0.39 is 5.41 Å². The molecule has 2 aliphatic heterocycles. The number of ether oxygens (including phenoxy) is 1. The number of rotatable bonds is 11. The van der Waals surface area contributed by atoms with Crippen molar-refractivity contribution in [2.75, 3.05) is 19.6 Å². The molecule has 0 aromatic heterocycles. The lowest BCUT2D eigenvalue weighted by atomic mass is 9.33. The number of hydrogen-bond donors (Lipinski definition) is 0.